The van der Waals surface area contributed by atoms with E-state index in [4.69, 9.17) is 23.2 Å². The summed E-state index contributed by atoms with van der Waals surface area (Å²) in [4.78, 5) is 12.8. The van der Waals surface area contributed by atoms with Gasteiger partial charge in [-0.3, -0.25) is 9.10 Å². The van der Waals surface area contributed by atoms with Crippen LogP contribution in [0.25, 0.3) is 0 Å². The van der Waals surface area contributed by atoms with E-state index >= 15 is 0 Å². The molecule has 0 unspecified atom stereocenters. The van der Waals surface area contributed by atoms with Gasteiger partial charge >= 0.3 is 0 Å². The molecule has 5 nitrogen and oxygen atoms in total. The quantitative estimate of drug-likeness (QED) is 0.183. The van der Waals surface area contributed by atoms with Crippen LogP contribution in [0.1, 0.15) is 27.0 Å². The Morgan fingerprint density at radius 2 is 1.49 bits per heavy atom. The minimum absolute atomic E-state index is 0.0850. The third kappa shape index (κ3) is 7.79. The van der Waals surface area contributed by atoms with E-state index in [1.54, 1.807) is 84.6 Å². The topological polar surface area (TPSA) is 66.5 Å². The van der Waals surface area contributed by atoms with E-state index in [9.17, 15) is 13.2 Å². The summed E-state index contributed by atoms with van der Waals surface area (Å²) >= 11 is 13.9. The summed E-state index contributed by atoms with van der Waals surface area (Å²) in [6.45, 7) is 2.47. The number of halogens is 2. The second-order valence-corrected chi connectivity index (χ2v) is 12.7. The summed E-state index contributed by atoms with van der Waals surface area (Å²) in [5, 5.41) is 4.10. The molecule has 0 saturated carbocycles. The van der Waals surface area contributed by atoms with Gasteiger partial charge in [-0.25, -0.2) is 8.42 Å². The average Bonchev–Trinajstić information content (AvgIpc) is 2.94. The van der Waals surface area contributed by atoms with Crippen LogP contribution in [0.15, 0.2) is 102 Å². The Kier molecular flexibility index (Phi) is 9.97. The summed E-state index contributed by atoms with van der Waals surface area (Å²) in [5.41, 5.74) is 3.72. The molecular formula is C30H28Cl2N2O3S2. The van der Waals surface area contributed by atoms with Crippen LogP contribution in [0.2, 0.25) is 10.0 Å². The number of carbonyl (C=O) groups excluding carboxylic acids is 1. The van der Waals surface area contributed by atoms with Crippen molar-refractivity contribution in [2.45, 2.75) is 24.1 Å². The van der Waals surface area contributed by atoms with Gasteiger partial charge in [0, 0.05) is 33.7 Å². The molecule has 39 heavy (non-hydrogen) atoms. The summed E-state index contributed by atoms with van der Waals surface area (Å²) in [5.74, 6) is 1.45. The smallest absolute Gasteiger partial charge is 0.264 e. The number of hydrogen-bond acceptors (Lipinski definition) is 4. The Balaban J connectivity index is 1.42. The lowest BCUT2D eigenvalue weighted by Gasteiger charge is -2.26. The third-order valence-corrected chi connectivity index (χ3v) is 9.32. The minimum atomic E-state index is -3.87. The van der Waals surface area contributed by atoms with Crippen LogP contribution >= 0.6 is 35.0 Å². The highest BCUT2D eigenvalue weighted by atomic mass is 35.5. The van der Waals surface area contributed by atoms with E-state index in [1.807, 2.05) is 31.2 Å². The van der Waals surface area contributed by atoms with Gasteiger partial charge in [-0.15, -0.1) is 0 Å². The van der Waals surface area contributed by atoms with Crippen molar-refractivity contribution in [2.75, 3.05) is 16.6 Å². The molecule has 9 heteroatoms. The summed E-state index contributed by atoms with van der Waals surface area (Å²) < 4.78 is 28.7. The second-order valence-electron chi connectivity index (χ2n) is 8.89. The van der Waals surface area contributed by atoms with E-state index in [-0.39, 0.29) is 17.3 Å². The molecule has 202 valence electrons. The van der Waals surface area contributed by atoms with E-state index in [0.29, 0.717) is 27.8 Å². The molecule has 1 N–H and O–H groups in total. The number of aryl methyl sites for hydroxylation is 1. The van der Waals surface area contributed by atoms with Crippen LogP contribution < -0.4 is 9.62 Å². The molecular weight excluding hydrogens is 571 g/mol. The highest BCUT2D eigenvalue weighted by Crippen LogP contribution is 2.31. The number of anilines is 1. The van der Waals surface area contributed by atoms with E-state index < -0.39 is 10.0 Å². The van der Waals surface area contributed by atoms with Crippen molar-refractivity contribution in [3.05, 3.63) is 129 Å². The first kappa shape index (κ1) is 29.0. The standard InChI is InChI=1S/C30H28Cl2N2O3S2/c1-22-7-14-27(32)19-29(22)34(39(36,37)28-5-3-2-4-6-28)20-23-8-12-25(13-9-23)30(35)33-17-18-38-21-24-10-15-26(31)16-11-24/h2-16,19H,17-18,20-21H2,1H3,(H,33,35). The van der Waals surface area contributed by atoms with E-state index in [1.165, 1.54) is 9.87 Å². The van der Waals surface area contributed by atoms with Crippen molar-refractivity contribution in [2.24, 2.45) is 0 Å². The fraction of sp³-hybridized carbons (Fsp3) is 0.167. The van der Waals surface area contributed by atoms with Crippen LogP contribution in [0.5, 0.6) is 0 Å². The first-order valence-electron chi connectivity index (χ1n) is 12.3. The lowest BCUT2D eigenvalue weighted by atomic mass is 10.1. The number of sulfonamides is 1. The fourth-order valence-corrected chi connectivity index (χ4v) is 6.55. The van der Waals surface area contributed by atoms with Gasteiger partial charge in [-0.1, -0.05) is 71.7 Å². The molecule has 0 fully saturated rings. The molecule has 4 aromatic carbocycles. The Hall–Kier alpha value is -2.97. The molecule has 0 atom stereocenters. The number of nitrogens with one attached hydrogen (secondary N) is 1. The number of amides is 1. The normalized spacial score (nSPS) is 11.3. The number of nitrogens with zero attached hydrogens (tertiary/aromatic N) is 1. The number of rotatable bonds is 11. The molecule has 0 aliphatic rings. The highest BCUT2D eigenvalue weighted by molar-refractivity contribution is 7.98. The lowest BCUT2D eigenvalue weighted by molar-refractivity contribution is 0.0956. The number of benzene rings is 4. The van der Waals surface area contributed by atoms with Gasteiger partial charge < -0.3 is 5.32 Å². The Morgan fingerprint density at radius 1 is 0.846 bits per heavy atom. The van der Waals surface area contributed by atoms with Gasteiger partial charge in [-0.2, -0.15) is 11.8 Å². The van der Waals surface area contributed by atoms with Crippen LogP contribution in [0.4, 0.5) is 5.69 Å². The summed E-state index contributed by atoms with van der Waals surface area (Å²) in [7, 11) is -3.87. The van der Waals surface area contributed by atoms with Crippen molar-refractivity contribution in [1.29, 1.82) is 0 Å². The predicted molar refractivity (Wildman–Crippen MR) is 162 cm³/mol. The van der Waals surface area contributed by atoms with E-state index in [0.717, 1.165) is 22.6 Å². The summed E-state index contributed by atoms with van der Waals surface area (Å²) in [6, 6.07) is 28.2. The van der Waals surface area contributed by atoms with Gasteiger partial charge in [0.2, 0.25) is 0 Å². The molecule has 0 aliphatic heterocycles. The SMILES string of the molecule is Cc1ccc(Cl)cc1N(Cc1ccc(C(=O)NCCSCc2ccc(Cl)cc2)cc1)S(=O)(=O)c1ccccc1. The lowest BCUT2D eigenvalue weighted by Crippen LogP contribution is -2.31. The Morgan fingerprint density at radius 3 is 2.18 bits per heavy atom. The van der Waals surface area contributed by atoms with E-state index in [2.05, 4.69) is 5.32 Å². The molecule has 0 heterocycles. The number of carbonyl (C=O) groups is 1. The van der Waals surface area contributed by atoms with Crippen LogP contribution in [0, 0.1) is 6.92 Å². The molecule has 0 spiro atoms. The number of hydrogen-bond donors (Lipinski definition) is 1. The highest BCUT2D eigenvalue weighted by Gasteiger charge is 2.26. The zero-order chi connectivity index (χ0) is 27.8. The predicted octanol–water partition coefficient (Wildman–Crippen LogP) is 7.36. The molecule has 0 aliphatic carbocycles. The molecule has 0 aromatic heterocycles. The maximum Gasteiger partial charge on any atom is 0.264 e. The molecule has 4 rings (SSSR count). The molecule has 0 radical (unpaired) electrons. The first-order valence-corrected chi connectivity index (χ1v) is 15.6. The van der Waals surface area contributed by atoms with Gasteiger partial charge in [0.1, 0.15) is 0 Å². The fourth-order valence-electron chi connectivity index (χ4n) is 3.91. The minimum Gasteiger partial charge on any atom is -0.351 e. The van der Waals surface area contributed by atoms with Crippen molar-refractivity contribution in [1.82, 2.24) is 5.32 Å². The maximum absolute atomic E-state index is 13.7. The Labute approximate surface area is 244 Å². The first-order chi connectivity index (χ1) is 18.7. The van der Waals surface area contributed by atoms with Crippen molar-refractivity contribution in [3.8, 4) is 0 Å². The van der Waals surface area contributed by atoms with Gasteiger partial charge in [0.15, 0.2) is 0 Å². The van der Waals surface area contributed by atoms with Gasteiger partial charge in [0.05, 0.1) is 17.1 Å². The zero-order valence-electron chi connectivity index (χ0n) is 21.3. The molecule has 0 bridgehead atoms. The third-order valence-electron chi connectivity index (χ3n) is 6.03. The maximum atomic E-state index is 13.7. The van der Waals surface area contributed by atoms with Crippen LogP contribution in [-0.4, -0.2) is 26.6 Å². The average molecular weight is 600 g/mol. The number of thioether (sulfide) groups is 1. The van der Waals surface area contributed by atoms with Crippen LogP contribution in [-0.2, 0) is 22.3 Å². The van der Waals surface area contributed by atoms with Crippen LogP contribution in [0.3, 0.4) is 0 Å². The van der Waals surface area contributed by atoms with Crippen molar-refractivity contribution >= 4 is 56.6 Å². The molecule has 0 saturated heterocycles. The monoisotopic (exact) mass is 598 g/mol. The second kappa shape index (κ2) is 13.4. The summed E-state index contributed by atoms with van der Waals surface area (Å²) in [6.07, 6.45) is 0. The van der Waals surface area contributed by atoms with Gasteiger partial charge in [0.25, 0.3) is 15.9 Å². The van der Waals surface area contributed by atoms with Crippen molar-refractivity contribution in [3.63, 3.8) is 0 Å². The molecule has 1 amide bonds. The molecule has 4 aromatic rings. The largest absolute Gasteiger partial charge is 0.351 e. The van der Waals surface area contributed by atoms with Gasteiger partial charge in [-0.05, 0) is 72.1 Å². The zero-order valence-corrected chi connectivity index (χ0v) is 24.5. The Bertz CT molecular complexity index is 1510. The van der Waals surface area contributed by atoms with Crippen molar-refractivity contribution < 1.29 is 13.2 Å².